The Balaban J connectivity index is 1.60. The highest BCUT2D eigenvalue weighted by Gasteiger charge is 2.26. The van der Waals surface area contributed by atoms with Crippen molar-refractivity contribution in [3.8, 4) is 22.4 Å². The fraction of sp³-hybridized carbons (Fsp3) is 0.429. The van der Waals surface area contributed by atoms with Crippen molar-refractivity contribution in [1.82, 2.24) is 9.78 Å². The number of aliphatic carboxylic acids is 1. The minimum atomic E-state index is -0.919. The summed E-state index contributed by atoms with van der Waals surface area (Å²) in [6, 6.07) is 17.1. The van der Waals surface area contributed by atoms with Crippen molar-refractivity contribution in [2.24, 2.45) is 11.8 Å². The molecule has 0 atom stereocenters. The Kier molecular flexibility index (Phi) is 8.12. The van der Waals surface area contributed by atoms with E-state index >= 15 is 0 Å². The van der Waals surface area contributed by atoms with Gasteiger partial charge in [-0.1, -0.05) is 55.8 Å². The molecule has 180 valence electrons. The van der Waals surface area contributed by atoms with E-state index in [-0.39, 0.29) is 12.4 Å². The maximum Gasteiger partial charge on any atom is 0.329 e. The Morgan fingerprint density at radius 3 is 2.44 bits per heavy atom. The number of rotatable bonds is 10. The second-order valence-electron chi connectivity index (χ2n) is 9.27. The van der Waals surface area contributed by atoms with Crippen molar-refractivity contribution < 1.29 is 19.0 Å². The molecule has 2 aromatic carbocycles. The molecule has 0 bridgehead atoms. The van der Waals surface area contributed by atoms with Gasteiger partial charge >= 0.3 is 5.97 Å². The zero-order valence-corrected chi connectivity index (χ0v) is 19.8. The number of carboxylic acid groups (broad SMARTS) is 1. The van der Waals surface area contributed by atoms with Gasteiger partial charge in [-0.2, -0.15) is 5.10 Å². The van der Waals surface area contributed by atoms with Gasteiger partial charge in [0.25, 0.3) is 0 Å². The molecule has 3 aromatic rings. The van der Waals surface area contributed by atoms with Crippen LogP contribution in [0.1, 0.15) is 44.7 Å². The van der Waals surface area contributed by atoms with E-state index in [1.807, 2.05) is 24.3 Å². The van der Waals surface area contributed by atoms with Crippen LogP contribution in [0.15, 0.2) is 54.6 Å². The van der Waals surface area contributed by atoms with Crippen molar-refractivity contribution in [1.29, 1.82) is 0 Å². The predicted octanol–water partition coefficient (Wildman–Crippen LogP) is 6.22. The molecule has 4 rings (SSSR count). The molecule has 0 spiro atoms. The fourth-order valence-corrected chi connectivity index (χ4v) is 5.03. The van der Waals surface area contributed by atoms with Gasteiger partial charge in [0.05, 0.1) is 18.0 Å². The van der Waals surface area contributed by atoms with Crippen molar-refractivity contribution in [3.63, 3.8) is 0 Å². The SMILES string of the molecule is CCCc1nn(CC2CCC(COCC(=O)O)CC2)c(-c2ccccc2)c1-c1cccc(F)c1. The first-order valence-corrected chi connectivity index (χ1v) is 12.3. The van der Waals surface area contributed by atoms with Gasteiger partial charge in [-0.25, -0.2) is 9.18 Å². The Bertz CT molecular complexity index is 1090. The third-order valence-corrected chi connectivity index (χ3v) is 6.65. The van der Waals surface area contributed by atoms with Crippen LogP contribution in [0, 0.1) is 17.7 Å². The summed E-state index contributed by atoms with van der Waals surface area (Å²) in [5, 5.41) is 13.8. The summed E-state index contributed by atoms with van der Waals surface area (Å²) in [7, 11) is 0. The highest BCUT2D eigenvalue weighted by atomic mass is 19.1. The number of hydrogen-bond acceptors (Lipinski definition) is 3. The number of aryl methyl sites for hydroxylation is 1. The number of carbonyl (C=O) groups is 1. The van der Waals surface area contributed by atoms with Crippen LogP contribution in [-0.4, -0.2) is 34.1 Å². The summed E-state index contributed by atoms with van der Waals surface area (Å²) in [5.41, 5.74) is 5.06. The second kappa shape index (κ2) is 11.4. The van der Waals surface area contributed by atoms with Gasteiger partial charge in [0.15, 0.2) is 0 Å². The van der Waals surface area contributed by atoms with E-state index in [4.69, 9.17) is 14.9 Å². The summed E-state index contributed by atoms with van der Waals surface area (Å²) in [4.78, 5) is 10.7. The van der Waals surface area contributed by atoms with E-state index in [2.05, 4.69) is 23.7 Å². The summed E-state index contributed by atoms with van der Waals surface area (Å²) >= 11 is 0. The van der Waals surface area contributed by atoms with E-state index in [0.717, 1.165) is 73.1 Å². The zero-order chi connectivity index (χ0) is 23.9. The molecular weight excluding hydrogens is 431 g/mol. The highest BCUT2D eigenvalue weighted by molar-refractivity contribution is 5.83. The molecule has 1 N–H and O–H groups in total. The number of aromatic nitrogens is 2. The molecule has 0 radical (unpaired) electrons. The summed E-state index contributed by atoms with van der Waals surface area (Å²) in [6.45, 7) is 3.25. The smallest absolute Gasteiger partial charge is 0.329 e. The Hall–Kier alpha value is -2.99. The minimum Gasteiger partial charge on any atom is -0.480 e. The molecule has 6 heteroatoms. The van der Waals surface area contributed by atoms with Gasteiger partial charge in [0, 0.05) is 17.7 Å². The van der Waals surface area contributed by atoms with Crippen LogP contribution in [0.3, 0.4) is 0 Å². The van der Waals surface area contributed by atoms with Crippen molar-refractivity contribution >= 4 is 5.97 Å². The van der Waals surface area contributed by atoms with Gasteiger partial charge in [0.1, 0.15) is 12.4 Å². The molecular formula is C28H33FN2O3. The zero-order valence-electron chi connectivity index (χ0n) is 19.8. The molecule has 34 heavy (non-hydrogen) atoms. The number of ether oxygens (including phenoxy) is 1. The summed E-state index contributed by atoms with van der Waals surface area (Å²) in [5.74, 6) is -0.249. The first-order chi connectivity index (χ1) is 16.5. The molecule has 1 aliphatic rings. The monoisotopic (exact) mass is 464 g/mol. The van der Waals surface area contributed by atoms with Gasteiger partial charge < -0.3 is 9.84 Å². The second-order valence-corrected chi connectivity index (χ2v) is 9.27. The first-order valence-electron chi connectivity index (χ1n) is 12.3. The Morgan fingerprint density at radius 1 is 1.06 bits per heavy atom. The van der Waals surface area contributed by atoms with E-state index in [9.17, 15) is 9.18 Å². The van der Waals surface area contributed by atoms with Crippen molar-refractivity contribution in [2.45, 2.75) is 52.0 Å². The molecule has 0 aliphatic heterocycles. The molecule has 0 saturated heterocycles. The van der Waals surface area contributed by atoms with Gasteiger partial charge in [-0.15, -0.1) is 0 Å². The average molecular weight is 465 g/mol. The Morgan fingerprint density at radius 2 is 1.76 bits per heavy atom. The standard InChI is InChI=1S/C28H33FN2O3/c1-2-7-25-27(23-10-6-11-24(29)16-23)28(22-8-4-3-5-9-22)31(30-25)17-20-12-14-21(15-13-20)18-34-19-26(32)33/h3-6,8-11,16,20-21H,2,7,12-15,17-19H2,1H3,(H,32,33). The van der Waals surface area contributed by atoms with Crippen LogP contribution in [-0.2, 0) is 22.5 Å². The molecule has 1 heterocycles. The van der Waals surface area contributed by atoms with Crippen LogP contribution >= 0.6 is 0 Å². The third kappa shape index (κ3) is 5.92. The minimum absolute atomic E-state index is 0.225. The molecule has 0 amide bonds. The molecule has 1 aromatic heterocycles. The van der Waals surface area contributed by atoms with E-state index in [0.29, 0.717) is 18.4 Å². The maximum atomic E-state index is 14.2. The summed E-state index contributed by atoms with van der Waals surface area (Å²) < 4.78 is 21.7. The molecule has 1 fully saturated rings. The topological polar surface area (TPSA) is 64.4 Å². The van der Waals surface area contributed by atoms with Gasteiger partial charge in [-0.3, -0.25) is 4.68 Å². The molecule has 5 nitrogen and oxygen atoms in total. The van der Waals surface area contributed by atoms with Crippen LogP contribution in [0.2, 0.25) is 0 Å². The summed E-state index contributed by atoms with van der Waals surface area (Å²) in [6.07, 6.45) is 6.00. The van der Waals surface area contributed by atoms with E-state index in [1.165, 1.54) is 6.07 Å². The van der Waals surface area contributed by atoms with E-state index in [1.54, 1.807) is 12.1 Å². The lowest BCUT2D eigenvalue weighted by molar-refractivity contribution is -0.142. The largest absolute Gasteiger partial charge is 0.480 e. The average Bonchev–Trinajstić information content (AvgIpc) is 3.18. The van der Waals surface area contributed by atoms with Crippen molar-refractivity contribution in [3.05, 3.63) is 66.1 Å². The normalized spacial score (nSPS) is 18.2. The van der Waals surface area contributed by atoms with Gasteiger partial charge in [-0.05, 0) is 61.6 Å². The van der Waals surface area contributed by atoms with Crippen LogP contribution in [0.25, 0.3) is 22.4 Å². The number of nitrogens with zero attached hydrogens (tertiary/aromatic N) is 2. The van der Waals surface area contributed by atoms with Crippen molar-refractivity contribution in [2.75, 3.05) is 13.2 Å². The highest BCUT2D eigenvalue weighted by Crippen LogP contribution is 2.38. The predicted molar refractivity (Wildman–Crippen MR) is 131 cm³/mol. The maximum absolute atomic E-state index is 14.2. The molecule has 0 unspecified atom stereocenters. The number of hydrogen-bond donors (Lipinski definition) is 1. The van der Waals surface area contributed by atoms with Crippen LogP contribution in [0.4, 0.5) is 4.39 Å². The quantitative estimate of drug-likeness (QED) is 0.387. The number of carboxylic acids is 1. The number of benzene rings is 2. The fourth-order valence-electron chi connectivity index (χ4n) is 5.03. The number of halogens is 1. The molecule has 1 saturated carbocycles. The lowest BCUT2D eigenvalue weighted by Gasteiger charge is -2.28. The first kappa shape index (κ1) is 24.1. The lowest BCUT2D eigenvalue weighted by atomic mass is 9.82. The van der Waals surface area contributed by atoms with Gasteiger partial charge in [0.2, 0.25) is 0 Å². The Labute approximate surface area is 200 Å². The van der Waals surface area contributed by atoms with Crippen LogP contribution < -0.4 is 0 Å². The third-order valence-electron chi connectivity index (χ3n) is 6.65. The molecule has 1 aliphatic carbocycles. The lowest BCUT2D eigenvalue weighted by Crippen LogP contribution is -2.23. The van der Waals surface area contributed by atoms with Crippen LogP contribution in [0.5, 0.6) is 0 Å². The van der Waals surface area contributed by atoms with E-state index < -0.39 is 5.97 Å².